The van der Waals surface area contributed by atoms with Crippen molar-refractivity contribution in [1.82, 2.24) is 9.55 Å². The molecule has 3 atom stereocenters. The molecule has 9 heteroatoms. The Balaban J connectivity index is 1.69. The summed E-state index contributed by atoms with van der Waals surface area (Å²) in [6.45, 7) is -0.147. The van der Waals surface area contributed by atoms with E-state index in [2.05, 4.69) is 4.98 Å². The van der Waals surface area contributed by atoms with E-state index in [0.29, 0.717) is 6.41 Å². The fourth-order valence-corrected chi connectivity index (χ4v) is 3.74. The number of nitrogens with two attached hydrogens (primary N) is 1. The molecular formula is C21H22N4O5. The summed E-state index contributed by atoms with van der Waals surface area (Å²) in [5, 5.41) is 21.3. The van der Waals surface area contributed by atoms with Crippen LogP contribution in [0, 0.1) is 0 Å². The maximum absolute atomic E-state index is 12.4. The molecule has 0 aliphatic carbocycles. The van der Waals surface area contributed by atoms with Gasteiger partial charge in [0, 0.05) is 12.6 Å². The fourth-order valence-electron chi connectivity index (χ4n) is 3.74. The number of ether oxygens (including phenoxy) is 1. The number of hydrogen-bond donors (Lipinski definition) is 3. The van der Waals surface area contributed by atoms with E-state index in [1.165, 1.54) is 15.7 Å². The Morgan fingerprint density at radius 2 is 2.03 bits per heavy atom. The van der Waals surface area contributed by atoms with Gasteiger partial charge >= 0.3 is 5.69 Å². The molecule has 2 aromatic carbocycles. The zero-order valence-corrected chi connectivity index (χ0v) is 16.1. The van der Waals surface area contributed by atoms with E-state index >= 15 is 0 Å². The summed E-state index contributed by atoms with van der Waals surface area (Å²) in [7, 11) is 0. The lowest BCUT2D eigenvalue weighted by molar-refractivity contribution is -0.107. The van der Waals surface area contributed by atoms with Crippen LogP contribution in [-0.2, 0) is 16.1 Å². The molecule has 0 saturated carbocycles. The predicted octanol–water partition coefficient (Wildman–Crippen LogP) is 0.782. The van der Waals surface area contributed by atoms with Crippen LogP contribution in [0.2, 0.25) is 0 Å². The van der Waals surface area contributed by atoms with E-state index in [4.69, 9.17) is 10.5 Å². The number of carbonyl (C=O) groups is 1. The molecule has 0 spiro atoms. The van der Waals surface area contributed by atoms with Crippen molar-refractivity contribution in [2.45, 2.75) is 31.4 Å². The van der Waals surface area contributed by atoms with Crippen molar-refractivity contribution in [2.24, 2.45) is 0 Å². The summed E-state index contributed by atoms with van der Waals surface area (Å²) in [4.78, 5) is 29.5. The average molecular weight is 410 g/mol. The number of benzene rings is 2. The molecule has 1 aliphatic rings. The van der Waals surface area contributed by atoms with Gasteiger partial charge in [-0.25, -0.2) is 4.79 Å². The monoisotopic (exact) mass is 410 g/mol. The number of nitrogens with zero attached hydrogens (tertiary/aromatic N) is 3. The van der Waals surface area contributed by atoms with E-state index < -0.39 is 24.1 Å². The van der Waals surface area contributed by atoms with Gasteiger partial charge in [-0.15, -0.1) is 0 Å². The van der Waals surface area contributed by atoms with Crippen LogP contribution in [0.4, 0.5) is 11.5 Å². The molecule has 4 rings (SSSR count). The first-order valence-electron chi connectivity index (χ1n) is 9.53. The molecule has 0 radical (unpaired) electrons. The van der Waals surface area contributed by atoms with Crippen molar-refractivity contribution in [1.29, 1.82) is 0 Å². The molecule has 1 fully saturated rings. The van der Waals surface area contributed by atoms with Crippen LogP contribution in [0.25, 0.3) is 10.8 Å². The maximum atomic E-state index is 12.4. The Morgan fingerprint density at radius 3 is 2.77 bits per heavy atom. The summed E-state index contributed by atoms with van der Waals surface area (Å²) >= 11 is 0. The molecule has 1 aliphatic heterocycles. The number of rotatable bonds is 6. The van der Waals surface area contributed by atoms with Crippen molar-refractivity contribution >= 4 is 28.7 Å². The molecule has 4 N–H and O–H groups in total. The van der Waals surface area contributed by atoms with Gasteiger partial charge in [0.1, 0.15) is 18.0 Å². The van der Waals surface area contributed by atoms with E-state index in [0.717, 1.165) is 16.3 Å². The second-order valence-corrected chi connectivity index (χ2v) is 7.19. The third-order valence-electron chi connectivity index (χ3n) is 5.31. The molecule has 1 amide bonds. The highest BCUT2D eigenvalue weighted by Crippen LogP contribution is 2.30. The normalized spacial score (nSPS) is 21.1. The standard InChI is InChI=1S/C21H22N4O5/c22-20-16(10-25(21(29)23-20)19-8-17(28)18(11-26)30-19)24(12-27)9-14-6-3-5-13-4-1-2-7-15(13)14/h1-7,10,12,17-19,26,28H,8-9,11H2,(H2,22,23,29)/t17-,18+,19+/m0/s1. The van der Waals surface area contributed by atoms with Crippen molar-refractivity contribution in [3.63, 3.8) is 0 Å². The number of hydrogen-bond acceptors (Lipinski definition) is 7. The molecular weight excluding hydrogens is 388 g/mol. The predicted molar refractivity (Wildman–Crippen MR) is 111 cm³/mol. The van der Waals surface area contributed by atoms with Gasteiger partial charge in [0.2, 0.25) is 6.41 Å². The van der Waals surface area contributed by atoms with E-state index in [1.807, 2.05) is 42.5 Å². The number of anilines is 2. The van der Waals surface area contributed by atoms with Crippen LogP contribution in [0.3, 0.4) is 0 Å². The topological polar surface area (TPSA) is 131 Å². The fraction of sp³-hybridized carbons (Fsp3) is 0.286. The average Bonchev–Trinajstić information content (AvgIpc) is 3.13. The Morgan fingerprint density at radius 1 is 1.27 bits per heavy atom. The molecule has 0 bridgehead atoms. The van der Waals surface area contributed by atoms with Crippen molar-refractivity contribution in [3.8, 4) is 0 Å². The molecule has 2 heterocycles. The lowest BCUT2D eigenvalue weighted by atomic mass is 10.0. The first-order valence-corrected chi connectivity index (χ1v) is 9.53. The number of aliphatic hydroxyl groups is 2. The molecule has 9 nitrogen and oxygen atoms in total. The van der Waals surface area contributed by atoms with Gasteiger partial charge in [-0.2, -0.15) is 4.98 Å². The lowest BCUT2D eigenvalue weighted by Gasteiger charge is -2.22. The maximum Gasteiger partial charge on any atom is 0.351 e. The number of amides is 1. The molecule has 30 heavy (non-hydrogen) atoms. The van der Waals surface area contributed by atoms with Gasteiger partial charge in [0.05, 0.1) is 19.3 Å². The van der Waals surface area contributed by atoms with Crippen LogP contribution >= 0.6 is 0 Å². The summed E-state index contributed by atoms with van der Waals surface area (Å²) in [6.07, 6.45) is -0.374. The minimum absolute atomic E-state index is 0.0826. The highest BCUT2D eigenvalue weighted by atomic mass is 16.5. The number of nitrogen functional groups attached to an aromatic ring is 1. The Labute approximate surface area is 171 Å². The van der Waals surface area contributed by atoms with Crippen LogP contribution in [0.1, 0.15) is 18.2 Å². The van der Waals surface area contributed by atoms with E-state index in [9.17, 15) is 19.8 Å². The van der Waals surface area contributed by atoms with Gasteiger partial charge in [-0.05, 0) is 16.3 Å². The zero-order valence-electron chi connectivity index (χ0n) is 16.1. The van der Waals surface area contributed by atoms with Crippen molar-refractivity contribution in [2.75, 3.05) is 17.2 Å². The highest BCUT2D eigenvalue weighted by Gasteiger charge is 2.35. The van der Waals surface area contributed by atoms with Gasteiger partial charge in [-0.3, -0.25) is 9.36 Å². The summed E-state index contributed by atoms with van der Waals surface area (Å²) in [5.74, 6) is -0.0826. The van der Waals surface area contributed by atoms with Crippen LogP contribution in [0.15, 0.2) is 53.5 Å². The molecule has 3 aromatic rings. The smallest absolute Gasteiger partial charge is 0.351 e. The summed E-state index contributed by atoms with van der Waals surface area (Å²) in [6, 6.07) is 13.6. The second-order valence-electron chi connectivity index (χ2n) is 7.19. The second kappa shape index (κ2) is 8.23. The van der Waals surface area contributed by atoms with Gasteiger partial charge in [-0.1, -0.05) is 42.5 Å². The first kappa shape index (κ1) is 20.0. The van der Waals surface area contributed by atoms with E-state index in [-0.39, 0.29) is 31.1 Å². The van der Waals surface area contributed by atoms with Crippen LogP contribution < -0.4 is 16.3 Å². The van der Waals surface area contributed by atoms with Crippen molar-refractivity contribution in [3.05, 3.63) is 64.7 Å². The third kappa shape index (κ3) is 3.65. The van der Waals surface area contributed by atoms with Crippen LogP contribution in [-0.4, -0.2) is 45.0 Å². The minimum Gasteiger partial charge on any atom is -0.394 e. The zero-order chi connectivity index (χ0) is 21.3. The molecule has 1 saturated heterocycles. The van der Waals surface area contributed by atoms with Gasteiger partial charge < -0.3 is 25.6 Å². The Bertz CT molecular complexity index is 1130. The number of aliphatic hydroxyl groups excluding tert-OH is 2. The van der Waals surface area contributed by atoms with Crippen molar-refractivity contribution < 1.29 is 19.7 Å². The number of fused-ring (bicyclic) bond motifs is 1. The Kier molecular flexibility index (Phi) is 5.49. The molecule has 156 valence electrons. The lowest BCUT2D eigenvalue weighted by Crippen LogP contribution is -2.31. The SMILES string of the molecule is Nc1nc(=O)n([C@H]2C[C@H](O)[C@@H](CO)O2)cc1N(C=O)Cc1cccc2ccccc12. The summed E-state index contributed by atoms with van der Waals surface area (Å²) < 4.78 is 6.73. The highest BCUT2D eigenvalue weighted by molar-refractivity contribution is 5.87. The first-order chi connectivity index (χ1) is 14.5. The largest absolute Gasteiger partial charge is 0.394 e. The number of aromatic nitrogens is 2. The quantitative estimate of drug-likeness (QED) is 0.512. The number of carbonyl (C=O) groups excluding carboxylic acids is 1. The Hall–Kier alpha value is -3.27. The summed E-state index contributed by atoms with van der Waals surface area (Å²) in [5.41, 5.74) is 6.45. The molecule has 0 unspecified atom stereocenters. The van der Waals surface area contributed by atoms with Gasteiger partial charge in [0.15, 0.2) is 5.82 Å². The van der Waals surface area contributed by atoms with E-state index in [1.54, 1.807) is 0 Å². The van der Waals surface area contributed by atoms with Crippen LogP contribution in [0.5, 0.6) is 0 Å². The third-order valence-corrected chi connectivity index (χ3v) is 5.31. The van der Waals surface area contributed by atoms with Gasteiger partial charge in [0.25, 0.3) is 0 Å². The minimum atomic E-state index is -0.911. The molecule has 1 aromatic heterocycles.